The van der Waals surface area contributed by atoms with E-state index in [1.807, 2.05) is 10.9 Å². The zero-order chi connectivity index (χ0) is 14.0. The number of rotatable bonds is 4. The highest BCUT2D eigenvalue weighted by atomic mass is 15.3. The number of nitrogens with zero attached hydrogens (tertiary/aromatic N) is 2. The van der Waals surface area contributed by atoms with Gasteiger partial charge in [-0.3, -0.25) is 4.68 Å². The van der Waals surface area contributed by atoms with E-state index in [0.717, 1.165) is 13.1 Å². The molecule has 0 saturated carbocycles. The Morgan fingerprint density at radius 2 is 1.83 bits per heavy atom. The Morgan fingerprint density at radius 3 is 2.28 bits per heavy atom. The smallest absolute Gasteiger partial charge is 0.0543 e. The second-order valence-corrected chi connectivity index (χ2v) is 7.36. The van der Waals surface area contributed by atoms with Crippen LogP contribution in [0.1, 0.15) is 54.0 Å². The van der Waals surface area contributed by atoms with Crippen molar-refractivity contribution in [1.29, 1.82) is 0 Å². The van der Waals surface area contributed by atoms with Crippen LogP contribution in [-0.2, 0) is 12.1 Å². The van der Waals surface area contributed by atoms with Gasteiger partial charge in [-0.15, -0.1) is 0 Å². The summed E-state index contributed by atoms with van der Waals surface area (Å²) in [6, 6.07) is 0. The molecule has 0 amide bonds. The molecule has 0 spiro atoms. The summed E-state index contributed by atoms with van der Waals surface area (Å²) in [5, 5.41) is 7.93. The summed E-state index contributed by atoms with van der Waals surface area (Å²) in [5.74, 6) is 0.662. The molecular formula is C15H29N3. The summed E-state index contributed by atoms with van der Waals surface area (Å²) in [4.78, 5) is 0. The Hall–Kier alpha value is -0.830. The van der Waals surface area contributed by atoms with Crippen molar-refractivity contribution in [3.05, 3.63) is 18.0 Å². The summed E-state index contributed by atoms with van der Waals surface area (Å²) < 4.78 is 2.03. The number of hydrogen-bond acceptors (Lipinski definition) is 2. The van der Waals surface area contributed by atoms with E-state index in [9.17, 15) is 0 Å². The largest absolute Gasteiger partial charge is 0.312 e. The Bertz CT molecular complexity index is 366. The van der Waals surface area contributed by atoms with E-state index in [2.05, 4.69) is 65.1 Å². The predicted octanol–water partition coefficient (Wildman–Crippen LogP) is 3.41. The van der Waals surface area contributed by atoms with E-state index in [1.54, 1.807) is 0 Å². The van der Waals surface area contributed by atoms with Crippen LogP contribution in [0.4, 0.5) is 0 Å². The van der Waals surface area contributed by atoms with Gasteiger partial charge >= 0.3 is 0 Å². The van der Waals surface area contributed by atoms with Crippen molar-refractivity contribution in [2.45, 2.75) is 60.5 Å². The van der Waals surface area contributed by atoms with Crippen LogP contribution in [0.2, 0.25) is 0 Å². The van der Waals surface area contributed by atoms with Crippen molar-refractivity contribution in [1.82, 2.24) is 15.1 Å². The highest BCUT2D eigenvalue weighted by Gasteiger charge is 2.19. The summed E-state index contributed by atoms with van der Waals surface area (Å²) in [6.07, 6.45) is 4.09. The zero-order valence-corrected chi connectivity index (χ0v) is 13.0. The molecule has 3 nitrogen and oxygen atoms in total. The van der Waals surface area contributed by atoms with E-state index in [0.29, 0.717) is 11.3 Å². The lowest BCUT2D eigenvalue weighted by molar-refractivity contribution is 0.252. The van der Waals surface area contributed by atoms with Gasteiger partial charge in [0, 0.05) is 18.3 Å². The van der Waals surface area contributed by atoms with Crippen molar-refractivity contribution in [3.8, 4) is 0 Å². The maximum Gasteiger partial charge on any atom is 0.0543 e. The molecule has 1 aromatic heterocycles. The minimum Gasteiger partial charge on any atom is -0.312 e. The average Bonchev–Trinajstić information content (AvgIpc) is 2.64. The van der Waals surface area contributed by atoms with Gasteiger partial charge < -0.3 is 5.32 Å². The molecule has 18 heavy (non-hydrogen) atoms. The number of aromatic nitrogens is 2. The molecule has 0 fully saturated rings. The highest BCUT2D eigenvalue weighted by molar-refractivity contribution is 5.04. The summed E-state index contributed by atoms with van der Waals surface area (Å²) in [7, 11) is 0. The summed E-state index contributed by atoms with van der Waals surface area (Å²) in [6.45, 7) is 17.6. The van der Waals surface area contributed by atoms with Crippen molar-refractivity contribution < 1.29 is 0 Å². The molecule has 0 radical (unpaired) electrons. The molecular weight excluding hydrogens is 222 g/mol. The van der Waals surface area contributed by atoms with Crippen molar-refractivity contribution >= 4 is 0 Å². The Balaban J connectivity index is 2.43. The second kappa shape index (κ2) is 5.43. The third-order valence-electron chi connectivity index (χ3n) is 3.58. The van der Waals surface area contributed by atoms with Gasteiger partial charge in [-0.25, -0.2) is 0 Å². The molecule has 3 heteroatoms. The normalized spacial score (nSPS) is 14.8. The van der Waals surface area contributed by atoms with Crippen molar-refractivity contribution in [2.75, 3.05) is 6.54 Å². The first kappa shape index (κ1) is 15.2. The second-order valence-electron chi connectivity index (χ2n) is 7.36. The molecule has 0 aromatic carbocycles. The van der Waals surface area contributed by atoms with Crippen LogP contribution >= 0.6 is 0 Å². The van der Waals surface area contributed by atoms with E-state index in [4.69, 9.17) is 0 Å². The maximum absolute atomic E-state index is 4.41. The number of nitrogens with one attached hydrogen (secondary N) is 1. The fourth-order valence-electron chi connectivity index (χ4n) is 1.56. The van der Waals surface area contributed by atoms with Crippen LogP contribution in [0.15, 0.2) is 12.4 Å². The third kappa shape index (κ3) is 4.45. The summed E-state index contributed by atoms with van der Waals surface area (Å²) >= 11 is 0. The first-order valence-electron chi connectivity index (χ1n) is 6.85. The van der Waals surface area contributed by atoms with Gasteiger partial charge in [-0.2, -0.15) is 5.10 Å². The maximum atomic E-state index is 4.41. The molecule has 1 N–H and O–H groups in total. The van der Waals surface area contributed by atoms with E-state index >= 15 is 0 Å². The monoisotopic (exact) mass is 251 g/mol. The Labute approximate surface area is 112 Å². The average molecular weight is 251 g/mol. The molecule has 0 aliphatic carbocycles. The molecule has 0 aliphatic rings. The van der Waals surface area contributed by atoms with Crippen LogP contribution in [0.3, 0.4) is 0 Å². The van der Waals surface area contributed by atoms with Crippen LogP contribution in [-0.4, -0.2) is 16.3 Å². The van der Waals surface area contributed by atoms with Crippen LogP contribution in [0.25, 0.3) is 0 Å². The number of hydrogen-bond donors (Lipinski definition) is 1. The quantitative estimate of drug-likeness (QED) is 0.888. The lowest BCUT2D eigenvalue weighted by Gasteiger charge is -2.27. The van der Waals surface area contributed by atoms with Crippen LogP contribution in [0, 0.1) is 11.3 Å². The highest BCUT2D eigenvalue weighted by Crippen LogP contribution is 2.24. The van der Waals surface area contributed by atoms with Gasteiger partial charge in [0.25, 0.3) is 0 Å². The van der Waals surface area contributed by atoms with Gasteiger partial charge in [0.05, 0.1) is 11.7 Å². The molecule has 1 atom stereocenters. The first-order chi connectivity index (χ1) is 8.10. The fraction of sp³-hybridized carbons (Fsp3) is 0.800. The lowest BCUT2D eigenvalue weighted by Crippen LogP contribution is -2.29. The fourth-order valence-corrected chi connectivity index (χ4v) is 1.56. The lowest BCUT2D eigenvalue weighted by atomic mass is 9.82. The first-order valence-corrected chi connectivity index (χ1v) is 6.85. The predicted molar refractivity (Wildman–Crippen MR) is 77.5 cm³/mol. The van der Waals surface area contributed by atoms with Crippen molar-refractivity contribution in [3.63, 3.8) is 0 Å². The molecule has 1 aromatic rings. The molecule has 0 saturated heterocycles. The van der Waals surface area contributed by atoms with Crippen LogP contribution < -0.4 is 5.32 Å². The van der Waals surface area contributed by atoms with Crippen LogP contribution in [0.5, 0.6) is 0 Å². The van der Waals surface area contributed by atoms with E-state index in [-0.39, 0.29) is 5.54 Å². The molecule has 0 aliphatic heterocycles. The van der Waals surface area contributed by atoms with E-state index in [1.165, 1.54) is 5.56 Å². The Kier molecular flexibility index (Phi) is 4.60. The van der Waals surface area contributed by atoms with Gasteiger partial charge in [0.15, 0.2) is 0 Å². The molecule has 1 heterocycles. The summed E-state index contributed by atoms with van der Waals surface area (Å²) in [5.41, 5.74) is 1.69. The van der Waals surface area contributed by atoms with E-state index < -0.39 is 0 Å². The molecule has 1 rings (SSSR count). The topological polar surface area (TPSA) is 29.9 Å². The molecule has 1 unspecified atom stereocenters. The van der Waals surface area contributed by atoms with Gasteiger partial charge in [0.2, 0.25) is 0 Å². The molecule has 0 bridgehead atoms. The van der Waals surface area contributed by atoms with Gasteiger partial charge in [0.1, 0.15) is 0 Å². The minimum atomic E-state index is 0.0664. The third-order valence-corrected chi connectivity index (χ3v) is 3.58. The standard InChI is InChI=1S/C15H29N3/c1-12(14(2,3)4)8-16-9-13-10-17-18(11-13)15(5,6)7/h10-12,16H,8-9H2,1-7H3. The van der Waals surface area contributed by atoms with Gasteiger partial charge in [-0.1, -0.05) is 27.7 Å². The SMILES string of the molecule is CC(CNCc1cnn(C(C)(C)C)c1)C(C)(C)C. The molecule has 104 valence electrons. The minimum absolute atomic E-state index is 0.0664. The Morgan fingerprint density at radius 1 is 1.22 bits per heavy atom. The van der Waals surface area contributed by atoms with Crippen molar-refractivity contribution in [2.24, 2.45) is 11.3 Å². The zero-order valence-electron chi connectivity index (χ0n) is 13.0. The van der Waals surface area contributed by atoms with Gasteiger partial charge in [-0.05, 0) is 38.6 Å².